The van der Waals surface area contributed by atoms with Gasteiger partial charge in [0, 0.05) is 32.5 Å². The lowest BCUT2D eigenvalue weighted by Gasteiger charge is -2.15. The van der Waals surface area contributed by atoms with Crippen LogP contribution in [0.15, 0.2) is 18.5 Å². The Kier molecular flexibility index (Phi) is 2.80. The summed E-state index contributed by atoms with van der Waals surface area (Å²) in [5, 5.41) is 2.67. The predicted molar refractivity (Wildman–Crippen MR) is 56.4 cm³/mol. The molecule has 15 heavy (non-hydrogen) atoms. The van der Waals surface area contributed by atoms with Crippen LogP contribution in [0.3, 0.4) is 0 Å². The minimum atomic E-state index is 0.0683. The van der Waals surface area contributed by atoms with Crippen molar-refractivity contribution in [1.29, 1.82) is 0 Å². The van der Waals surface area contributed by atoms with Gasteiger partial charge >= 0.3 is 0 Å². The van der Waals surface area contributed by atoms with E-state index in [9.17, 15) is 4.79 Å². The number of carbonyl (C=O) groups is 1. The van der Waals surface area contributed by atoms with Crippen molar-refractivity contribution in [1.82, 2.24) is 15.3 Å². The second kappa shape index (κ2) is 4.25. The SMILES string of the molecule is CNC(=O)C1CCN(c2ncccn2)C1. The molecule has 5 heteroatoms. The Morgan fingerprint density at radius 3 is 2.93 bits per heavy atom. The molecule has 1 atom stereocenters. The molecule has 1 aromatic heterocycles. The maximum Gasteiger partial charge on any atom is 0.225 e. The van der Waals surface area contributed by atoms with Crippen LogP contribution in [0.25, 0.3) is 0 Å². The minimum absolute atomic E-state index is 0.0683. The van der Waals surface area contributed by atoms with Crippen molar-refractivity contribution in [2.24, 2.45) is 5.92 Å². The van der Waals surface area contributed by atoms with E-state index in [2.05, 4.69) is 15.3 Å². The maximum absolute atomic E-state index is 11.4. The predicted octanol–water partition coefficient (Wildman–Crippen LogP) is 0.0489. The third kappa shape index (κ3) is 2.06. The lowest BCUT2D eigenvalue weighted by Crippen LogP contribution is -2.30. The van der Waals surface area contributed by atoms with Crippen LogP contribution in [0.1, 0.15) is 6.42 Å². The van der Waals surface area contributed by atoms with Gasteiger partial charge in [0.2, 0.25) is 11.9 Å². The highest BCUT2D eigenvalue weighted by molar-refractivity contribution is 5.79. The Balaban J connectivity index is 2.02. The summed E-state index contributed by atoms with van der Waals surface area (Å²) in [6.45, 7) is 1.56. The summed E-state index contributed by atoms with van der Waals surface area (Å²) in [7, 11) is 1.67. The summed E-state index contributed by atoms with van der Waals surface area (Å²) in [6, 6.07) is 1.79. The largest absolute Gasteiger partial charge is 0.359 e. The van der Waals surface area contributed by atoms with Gasteiger partial charge in [-0.15, -0.1) is 0 Å². The molecule has 0 radical (unpaired) electrons. The molecule has 1 aliphatic rings. The lowest BCUT2D eigenvalue weighted by atomic mass is 10.1. The summed E-state index contributed by atoms with van der Waals surface area (Å²) >= 11 is 0. The normalized spacial score (nSPS) is 20.3. The average molecular weight is 206 g/mol. The molecule has 1 N–H and O–H groups in total. The van der Waals surface area contributed by atoms with Crippen LogP contribution in [-0.4, -0.2) is 36.0 Å². The number of hydrogen-bond acceptors (Lipinski definition) is 4. The standard InChI is InChI=1S/C10H14N4O/c1-11-9(15)8-3-6-14(7-8)10-12-4-2-5-13-10/h2,4-5,8H,3,6-7H2,1H3,(H,11,15). The van der Waals surface area contributed by atoms with E-state index < -0.39 is 0 Å². The van der Waals surface area contributed by atoms with Gasteiger partial charge in [0.05, 0.1) is 5.92 Å². The average Bonchev–Trinajstić information content (AvgIpc) is 2.78. The summed E-state index contributed by atoms with van der Waals surface area (Å²) in [5.74, 6) is 0.885. The molecule has 0 aliphatic carbocycles. The molecule has 1 amide bonds. The molecule has 0 bridgehead atoms. The summed E-state index contributed by atoms with van der Waals surface area (Å²) in [4.78, 5) is 21.8. The molecule has 5 nitrogen and oxygen atoms in total. The number of nitrogens with one attached hydrogen (secondary N) is 1. The smallest absolute Gasteiger partial charge is 0.225 e. The zero-order valence-corrected chi connectivity index (χ0v) is 8.68. The van der Waals surface area contributed by atoms with Gasteiger partial charge < -0.3 is 10.2 Å². The van der Waals surface area contributed by atoms with E-state index in [1.165, 1.54) is 0 Å². The molecular formula is C10H14N4O. The molecular weight excluding hydrogens is 192 g/mol. The Labute approximate surface area is 88.5 Å². The highest BCUT2D eigenvalue weighted by Crippen LogP contribution is 2.19. The first-order valence-corrected chi connectivity index (χ1v) is 5.05. The Morgan fingerprint density at radius 2 is 2.27 bits per heavy atom. The second-order valence-electron chi connectivity index (χ2n) is 3.59. The molecule has 0 spiro atoms. The summed E-state index contributed by atoms with van der Waals surface area (Å²) < 4.78 is 0. The van der Waals surface area contributed by atoms with Crippen LogP contribution in [0.5, 0.6) is 0 Å². The van der Waals surface area contributed by atoms with Gasteiger partial charge in [-0.2, -0.15) is 0 Å². The van der Waals surface area contributed by atoms with Crippen LogP contribution in [0.2, 0.25) is 0 Å². The lowest BCUT2D eigenvalue weighted by molar-refractivity contribution is -0.123. The van der Waals surface area contributed by atoms with Crippen molar-refractivity contribution in [3.8, 4) is 0 Å². The minimum Gasteiger partial charge on any atom is -0.359 e. The van der Waals surface area contributed by atoms with Crippen molar-refractivity contribution in [2.45, 2.75) is 6.42 Å². The van der Waals surface area contributed by atoms with E-state index in [4.69, 9.17) is 0 Å². The number of anilines is 1. The fourth-order valence-corrected chi connectivity index (χ4v) is 1.81. The van der Waals surface area contributed by atoms with Crippen molar-refractivity contribution >= 4 is 11.9 Å². The zero-order chi connectivity index (χ0) is 10.7. The summed E-state index contributed by atoms with van der Waals surface area (Å²) in [6.07, 6.45) is 4.31. The highest BCUT2D eigenvalue weighted by atomic mass is 16.1. The van der Waals surface area contributed by atoms with Crippen LogP contribution >= 0.6 is 0 Å². The van der Waals surface area contributed by atoms with Crippen molar-refractivity contribution in [3.05, 3.63) is 18.5 Å². The van der Waals surface area contributed by atoms with Gasteiger partial charge in [-0.05, 0) is 12.5 Å². The first kappa shape index (κ1) is 9.89. The van der Waals surface area contributed by atoms with E-state index in [1.54, 1.807) is 25.5 Å². The molecule has 2 heterocycles. The number of nitrogens with zero attached hydrogens (tertiary/aromatic N) is 3. The van der Waals surface area contributed by atoms with E-state index in [0.717, 1.165) is 13.0 Å². The molecule has 1 fully saturated rings. The van der Waals surface area contributed by atoms with Gasteiger partial charge in [0.25, 0.3) is 0 Å². The van der Waals surface area contributed by atoms with Gasteiger partial charge in [-0.1, -0.05) is 0 Å². The van der Waals surface area contributed by atoms with Gasteiger partial charge in [0.15, 0.2) is 0 Å². The van der Waals surface area contributed by atoms with Gasteiger partial charge in [-0.3, -0.25) is 4.79 Å². The van der Waals surface area contributed by atoms with Crippen LogP contribution < -0.4 is 10.2 Å². The fraction of sp³-hybridized carbons (Fsp3) is 0.500. The third-order valence-electron chi connectivity index (χ3n) is 2.64. The maximum atomic E-state index is 11.4. The van der Waals surface area contributed by atoms with Crippen LogP contribution in [-0.2, 0) is 4.79 Å². The monoisotopic (exact) mass is 206 g/mol. The molecule has 0 saturated carbocycles. The van der Waals surface area contributed by atoms with E-state index >= 15 is 0 Å². The number of amides is 1. The molecule has 1 unspecified atom stereocenters. The van der Waals surface area contributed by atoms with Crippen LogP contribution in [0, 0.1) is 5.92 Å². The molecule has 2 rings (SSSR count). The van der Waals surface area contributed by atoms with E-state index in [0.29, 0.717) is 12.5 Å². The van der Waals surface area contributed by atoms with E-state index in [1.807, 2.05) is 4.90 Å². The quantitative estimate of drug-likeness (QED) is 0.742. The molecule has 0 aromatic carbocycles. The highest BCUT2D eigenvalue weighted by Gasteiger charge is 2.28. The Hall–Kier alpha value is -1.65. The van der Waals surface area contributed by atoms with Crippen molar-refractivity contribution in [3.63, 3.8) is 0 Å². The first-order chi connectivity index (χ1) is 7.31. The number of aromatic nitrogens is 2. The summed E-state index contributed by atoms with van der Waals surface area (Å²) in [5.41, 5.74) is 0. The van der Waals surface area contributed by atoms with E-state index in [-0.39, 0.29) is 11.8 Å². The third-order valence-corrected chi connectivity index (χ3v) is 2.64. The first-order valence-electron chi connectivity index (χ1n) is 5.05. The van der Waals surface area contributed by atoms with Crippen LogP contribution in [0.4, 0.5) is 5.95 Å². The molecule has 1 aromatic rings. The van der Waals surface area contributed by atoms with Crippen molar-refractivity contribution in [2.75, 3.05) is 25.0 Å². The molecule has 1 saturated heterocycles. The number of carbonyl (C=O) groups excluding carboxylic acids is 1. The number of hydrogen-bond donors (Lipinski definition) is 1. The molecule has 1 aliphatic heterocycles. The Morgan fingerprint density at radius 1 is 1.53 bits per heavy atom. The fourth-order valence-electron chi connectivity index (χ4n) is 1.81. The topological polar surface area (TPSA) is 58.1 Å². The van der Waals surface area contributed by atoms with Gasteiger partial charge in [-0.25, -0.2) is 9.97 Å². The van der Waals surface area contributed by atoms with Gasteiger partial charge in [0.1, 0.15) is 0 Å². The Bertz CT molecular complexity index is 341. The number of rotatable bonds is 2. The zero-order valence-electron chi connectivity index (χ0n) is 8.68. The second-order valence-corrected chi connectivity index (χ2v) is 3.59. The molecule has 80 valence electrons. The van der Waals surface area contributed by atoms with Crippen molar-refractivity contribution < 1.29 is 4.79 Å².